The van der Waals surface area contributed by atoms with Crippen LogP contribution < -0.4 is 0 Å². The first kappa shape index (κ1) is 23.3. The second-order valence-corrected chi connectivity index (χ2v) is 7.02. The van der Waals surface area contributed by atoms with Crippen molar-refractivity contribution in [3.8, 4) is 0 Å². The molecule has 0 aromatic heterocycles. The fourth-order valence-corrected chi connectivity index (χ4v) is 3.73. The van der Waals surface area contributed by atoms with Crippen LogP contribution in [0.25, 0.3) is 0 Å². The number of Topliss-reactive ketones (excluding diaryl/α,β-unsaturated/α-hetero) is 1. The molecule has 3 atom stereocenters. The summed E-state index contributed by atoms with van der Waals surface area (Å²) in [7, 11) is 2.18. The molecule has 0 saturated carbocycles. The van der Waals surface area contributed by atoms with Crippen molar-refractivity contribution in [2.45, 2.75) is 32.4 Å². The standard InChI is InChI=1S/C22H28N2O6/c1-6-23(7-2)21(28)22(3)18(15-11-9-8-10-12-15)24(22)14-13-16(19(26)29-4)17(25)20(27)30-5/h8-13,18H,6-7,14H2,1-5H3. The number of carbonyl (C=O) groups is 4. The molecule has 1 amide bonds. The normalized spacial score (nSPS) is 22.8. The van der Waals surface area contributed by atoms with Gasteiger partial charge < -0.3 is 14.4 Å². The molecule has 30 heavy (non-hydrogen) atoms. The Morgan fingerprint density at radius 3 is 2.10 bits per heavy atom. The van der Waals surface area contributed by atoms with E-state index in [0.717, 1.165) is 19.8 Å². The number of amides is 1. The molecule has 0 N–H and O–H groups in total. The van der Waals surface area contributed by atoms with E-state index in [1.165, 1.54) is 6.08 Å². The highest BCUT2D eigenvalue weighted by Gasteiger charge is 2.65. The van der Waals surface area contributed by atoms with Crippen LogP contribution in [0.4, 0.5) is 0 Å². The molecule has 1 fully saturated rings. The lowest BCUT2D eigenvalue weighted by atomic mass is 10.00. The van der Waals surface area contributed by atoms with Crippen LogP contribution in [0.3, 0.4) is 0 Å². The van der Waals surface area contributed by atoms with Gasteiger partial charge in [-0.2, -0.15) is 0 Å². The predicted octanol–water partition coefficient (Wildman–Crippen LogP) is 1.51. The molecule has 0 spiro atoms. The number of likely N-dealkylation sites (N-methyl/N-ethyl adjacent to an activating group) is 1. The zero-order valence-corrected chi connectivity index (χ0v) is 18.0. The fourth-order valence-electron chi connectivity index (χ4n) is 3.73. The molecule has 1 aromatic carbocycles. The smallest absolute Gasteiger partial charge is 0.379 e. The van der Waals surface area contributed by atoms with E-state index >= 15 is 0 Å². The minimum absolute atomic E-state index is 0.0336. The Balaban J connectivity index is 2.39. The third kappa shape index (κ3) is 4.28. The third-order valence-electron chi connectivity index (χ3n) is 5.48. The van der Waals surface area contributed by atoms with E-state index in [0.29, 0.717) is 13.1 Å². The number of benzene rings is 1. The molecule has 0 aliphatic carbocycles. The Morgan fingerprint density at radius 2 is 1.60 bits per heavy atom. The minimum Gasteiger partial charge on any atom is -0.465 e. The first-order valence-corrected chi connectivity index (χ1v) is 9.79. The Labute approximate surface area is 176 Å². The van der Waals surface area contributed by atoms with Crippen LogP contribution >= 0.6 is 0 Å². The quantitative estimate of drug-likeness (QED) is 0.150. The van der Waals surface area contributed by atoms with Crippen molar-refractivity contribution in [3.05, 3.63) is 47.5 Å². The SMILES string of the molecule is CCN(CC)C(=O)C1(C)C(c2ccccc2)N1CC=C(C(=O)OC)C(=O)C(=O)OC. The lowest BCUT2D eigenvalue weighted by molar-refractivity contribution is -0.151. The van der Waals surface area contributed by atoms with Crippen molar-refractivity contribution < 1.29 is 28.7 Å². The third-order valence-corrected chi connectivity index (χ3v) is 5.48. The van der Waals surface area contributed by atoms with Crippen molar-refractivity contribution in [1.29, 1.82) is 0 Å². The molecular weight excluding hydrogens is 388 g/mol. The molecule has 1 heterocycles. The van der Waals surface area contributed by atoms with Crippen molar-refractivity contribution in [2.24, 2.45) is 0 Å². The van der Waals surface area contributed by atoms with E-state index in [-0.39, 0.29) is 18.5 Å². The zero-order valence-electron chi connectivity index (χ0n) is 18.0. The average molecular weight is 416 g/mol. The van der Waals surface area contributed by atoms with Gasteiger partial charge in [-0.1, -0.05) is 36.4 Å². The van der Waals surface area contributed by atoms with Crippen LogP contribution in [0, 0.1) is 0 Å². The summed E-state index contributed by atoms with van der Waals surface area (Å²) in [5, 5.41) is 0. The van der Waals surface area contributed by atoms with Gasteiger partial charge in [0.25, 0.3) is 5.78 Å². The summed E-state index contributed by atoms with van der Waals surface area (Å²) in [6, 6.07) is 9.32. The number of methoxy groups -OCH3 is 2. The van der Waals surface area contributed by atoms with Crippen molar-refractivity contribution in [3.63, 3.8) is 0 Å². The molecule has 1 aromatic rings. The van der Waals surface area contributed by atoms with E-state index in [2.05, 4.69) is 9.47 Å². The number of hydrogen-bond acceptors (Lipinski definition) is 7. The summed E-state index contributed by atoms with van der Waals surface area (Å²) in [6.07, 6.45) is 1.32. The molecule has 8 nitrogen and oxygen atoms in total. The second-order valence-electron chi connectivity index (χ2n) is 7.02. The molecule has 162 valence electrons. The molecule has 1 aliphatic heterocycles. The summed E-state index contributed by atoms with van der Waals surface area (Å²) >= 11 is 0. The largest absolute Gasteiger partial charge is 0.465 e. The molecule has 0 radical (unpaired) electrons. The van der Waals surface area contributed by atoms with Crippen LogP contribution in [0.15, 0.2) is 42.0 Å². The molecular formula is C22H28N2O6. The Kier molecular flexibility index (Phi) is 7.50. The molecule has 0 bridgehead atoms. The minimum atomic E-state index is -1.15. The summed E-state index contributed by atoms with van der Waals surface area (Å²) < 4.78 is 9.06. The predicted molar refractivity (Wildman–Crippen MR) is 109 cm³/mol. The summed E-state index contributed by atoms with van der Waals surface area (Å²) in [5.74, 6) is -3.20. The number of hydrogen-bond donors (Lipinski definition) is 0. The Bertz CT molecular complexity index is 846. The molecule has 8 heteroatoms. The number of carbonyl (C=O) groups excluding carboxylic acids is 4. The average Bonchev–Trinajstić information content (AvgIpc) is 3.39. The highest BCUT2D eigenvalue weighted by Crippen LogP contribution is 2.53. The molecule has 1 saturated heterocycles. The number of rotatable bonds is 9. The van der Waals surface area contributed by atoms with E-state index in [9.17, 15) is 19.2 Å². The Hall–Kier alpha value is -3.00. The maximum Gasteiger partial charge on any atom is 0.379 e. The van der Waals surface area contributed by atoms with Crippen LogP contribution in [-0.4, -0.2) is 72.8 Å². The van der Waals surface area contributed by atoms with Crippen molar-refractivity contribution >= 4 is 23.6 Å². The van der Waals surface area contributed by atoms with Gasteiger partial charge in [-0.3, -0.25) is 14.5 Å². The topological polar surface area (TPSA) is 93.0 Å². The van der Waals surface area contributed by atoms with Crippen molar-refractivity contribution in [1.82, 2.24) is 9.80 Å². The number of nitrogens with zero attached hydrogens (tertiary/aromatic N) is 2. The van der Waals surface area contributed by atoms with Gasteiger partial charge in [0, 0.05) is 19.6 Å². The van der Waals surface area contributed by atoms with Crippen LogP contribution in [-0.2, 0) is 28.7 Å². The van der Waals surface area contributed by atoms with Crippen LogP contribution in [0.5, 0.6) is 0 Å². The highest BCUT2D eigenvalue weighted by molar-refractivity contribution is 6.46. The van der Waals surface area contributed by atoms with Gasteiger partial charge in [0.05, 0.1) is 20.3 Å². The van der Waals surface area contributed by atoms with Gasteiger partial charge in [-0.15, -0.1) is 0 Å². The van der Waals surface area contributed by atoms with Gasteiger partial charge in [-0.25, -0.2) is 9.59 Å². The molecule has 3 unspecified atom stereocenters. The first-order valence-electron chi connectivity index (χ1n) is 9.79. The summed E-state index contributed by atoms with van der Waals surface area (Å²) in [5.41, 5.74) is -0.298. The fraction of sp³-hybridized carbons (Fsp3) is 0.455. The number of esters is 2. The van der Waals surface area contributed by atoms with E-state index in [1.54, 1.807) is 4.90 Å². The number of ether oxygens (including phenoxy) is 2. The van der Waals surface area contributed by atoms with E-state index < -0.39 is 28.8 Å². The van der Waals surface area contributed by atoms with Gasteiger partial charge in [0.1, 0.15) is 11.1 Å². The zero-order chi connectivity index (χ0) is 22.5. The van der Waals surface area contributed by atoms with E-state index in [1.807, 2.05) is 56.0 Å². The monoisotopic (exact) mass is 416 g/mol. The van der Waals surface area contributed by atoms with E-state index in [4.69, 9.17) is 0 Å². The van der Waals surface area contributed by atoms with Crippen molar-refractivity contribution in [2.75, 3.05) is 33.9 Å². The second kappa shape index (κ2) is 9.67. The maximum atomic E-state index is 13.2. The van der Waals surface area contributed by atoms with Crippen LogP contribution in [0.2, 0.25) is 0 Å². The van der Waals surface area contributed by atoms with Gasteiger partial charge in [0.2, 0.25) is 5.91 Å². The molecule has 1 aliphatic rings. The van der Waals surface area contributed by atoms with Gasteiger partial charge >= 0.3 is 11.9 Å². The maximum absolute atomic E-state index is 13.2. The number of ketones is 1. The Morgan fingerprint density at radius 1 is 1.03 bits per heavy atom. The first-order chi connectivity index (χ1) is 14.3. The summed E-state index contributed by atoms with van der Waals surface area (Å²) in [6.45, 7) is 6.93. The van der Waals surface area contributed by atoms with Crippen LogP contribution in [0.1, 0.15) is 32.4 Å². The lowest BCUT2D eigenvalue weighted by Crippen LogP contribution is -2.42. The van der Waals surface area contributed by atoms with Gasteiger partial charge in [0.15, 0.2) is 0 Å². The molecule has 2 rings (SSSR count). The lowest BCUT2D eigenvalue weighted by Gasteiger charge is -2.23. The van der Waals surface area contributed by atoms with Gasteiger partial charge in [-0.05, 0) is 26.3 Å². The summed E-state index contributed by atoms with van der Waals surface area (Å²) in [4.78, 5) is 52.8. The highest BCUT2D eigenvalue weighted by atomic mass is 16.5.